The van der Waals surface area contributed by atoms with Crippen LogP contribution in [0.3, 0.4) is 0 Å². The third-order valence-electron chi connectivity index (χ3n) is 2.99. The van der Waals surface area contributed by atoms with Crippen molar-refractivity contribution in [2.45, 2.75) is 23.8 Å². The maximum atomic E-state index is 11.6. The van der Waals surface area contributed by atoms with Gasteiger partial charge in [-0.15, -0.1) is 0 Å². The molecule has 0 bridgehead atoms. The van der Waals surface area contributed by atoms with Gasteiger partial charge in [-0.2, -0.15) is 0 Å². The number of sulfone groups is 1. The van der Waals surface area contributed by atoms with Crippen molar-refractivity contribution in [2.75, 3.05) is 30.5 Å². The lowest BCUT2D eigenvalue weighted by atomic mass is 10.1. The summed E-state index contributed by atoms with van der Waals surface area (Å²) >= 11 is 0. The number of para-hydroxylation sites is 1. The van der Waals surface area contributed by atoms with Crippen molar-refractivity contribution in [3.8, 4) is 0 Å². The molecule has 1 fully saturated rings. The summed E-state index contributed by atoms with van der Waals surface area (Å²) < 4.78 is 28.5. The van der Waals surface area contributed by atoms with Gasteiger partial charge in [0.1, 0.15) is 0 Å². The third kappa shape index (κ3) is 2.94. The van der Waals surface area contributed by atoms with Gasteiger partial charge >= 0.3 is 0 Å². The van der Waals surface area contributed by atoms with Crippen LogP contribution in [0.25, 0.3) is 0 Å². The number of ether oxygens (including phenoxy) is 1. The average Bonchev–Trinajstić information content (AvgIpc) is 2.32. The molecule has 1 unspecified atom stereocenters. The molecule has 3 N–H and O–H groups in total. The van der Waals surface area contributed by atoms with E-state index < -0.39 is 9.84 Å². The minimum Gasteiger partial charge on any atom is -0.396 e. The first kappa shape index (κ1) is 13.2. The Kier molecular flexibility index (Phi) is 3.77. The fraction of sp³-hybridized carbons (Fsp3) is 0.500. The zero-order valence-corrected chi connectivity index (χ0v) is 11.2. The van der Waals surface area contributed by atoms with E-state index in [1.165, 1.54) is 6.07 Å². The Hall–Kier alpha value is -1.27. The van der Waals surface area contributed by atoms with Gasteiger partial charge in [0.15, 0.2) is 9.84 Å². The molecule has 1 heterocycles. The number of anilines is 2. The molecule has 0 aromatic heterocycles. The van der Waals surface area contributed by atoms with E-state index in [-0.39, 0.29) is 16.6 Å². The van der Waals surface area contributed by atoms with Gasteiger partial charge in [-0.3, -0.25) is 0 Å². The number of nitrogen functional groups attached to an aromatic ring is 1. The number of nitrogens with one attached hydrogen (secondary N) is 1. The SMILES string of the molecule is CS(=O)(=O)c1cccc(NC2CCCOC2)c1N. The number of benzene rings is 1. The molecule has 1 aromatic carbocycles. The lowest BCUT2D eigenvalue weighted by Gasteiger charge is -2.25. The summed E-state index contributed by atoms with van der Waals surface area (Å²) in [6, 6.07) is 5.20. The molecule has 6 heteroatoms. The van der Waals surface area contributed by atoms with Crippen molar-refractivity contribution < 1.29 is 13.2 Å². The van der Waals surface area contributed by atoms with Crippen LogP contribution in [-0.4, -0.2) is 33.9 Å². The molecule has 0 spiro atoms. The van der Waals surface area contributed by atoms with E-state index in [9.17, 15) is 8.42 Å². The van der Waals surface area contributed by atoms with E-state index in [4.69, 9.17) is 10.5 Å². The van der Waals surface area contributed by atoms with Gasteiger partial charge in [0.25, 0.3) is 0 Å². The molecule has 0 amide bonds. The quantitative estimate of drug-likeness (QED) is 0.808. The van der Waals surface area contributed by atoms with Crippen molar-refractivity contribution in [1.29, 1.82) is 0 Å². The van der Waals surface area contributed by atoms with Crippen molar-refractivity contribution in [1.82, 2.24) is 0 Å². The zero-order valence-electron chi connectivity index (χ0n) is 10.3. The van der Waals surface area contributed by atoms with Gasteiger partial charge < -0.3 is 15.8 Å². The molecule has 1 atom stereocenters. The third-order valence-corrected chi connectivity index (χ3v) is 4.14. The highest BCUT2D eigenvalue weighted by Gasteiger charge is 2.18. The molecule has 5 nitrogen and oxygen atoms in total. The molecule has 0 radical (unpaired) electrons. The van der Waals surface area contributed by atoms with Crippen molar-refractivity contribution in [3.63, 3.8) is 0 Å². The van der Waals surface area contributed by atoms with Gasteiger partial charge in [0.2, 0.25) is 0 Å². The Morgan fingerprint density at radius 3 is 2.83 bits per heavy atom. The average molecular weight is 270 g/mol. The summed E-state index contributed by atoms with van der Waals surface area (Å²) in [7, 11) is -3.29. The number of nitrogens with two attached hydrogens (primary N) is 1. The van der Waals surface area contributed by atoms with E-state index >= 15 is 0 Å². The second-order valence-electron chi connectivity index (χ2n) is 4.55. The molecule has 18 heavy (non-hydrogen) atoms. The normalized spacial score (nSPS) is 20.6. The summed E-state index contributed by atoms with van der Waals surface area (Å²) in [5.74, 6) is 0. The van der Waals surface area contributed by atoms with Crippen LogP contribution in [-0.2, 0) is 14.6 Å². The minimum atomic E-state index is -3.29. The standard InChI is InChI=1S/C12H18N2O3S/c1-18(15,16)11-6-2-5-10(12(11)13)14-9-4-3-7-17-8-9/h2,5-6,9,14H,3-4,7-8,13H2,1H3. The lowest BCUT2D eigenvalue weighted by Crippen LogP contribution is -2.30. The molecule has 0 saturated carbocycles. The first-order valence-corrected chi connectivity index (χ1v) is 7.80. The number of hydrogen-bond donors (Lipinski definition) is 2. The molecule has 1 aliphatic heterocycles. The summed E-state index contributed by atoms with van der Waals surface area (Å²) in [5.41, 5.74) is 6.85. The second-order valence-corrected chi connectivity index (χ2v) is 6.53. The fourth-order valence-electron chi connectivity index (χ4n) is 2.07. The van der Waals surface area contributed by atoms with Crippen LogP contribution in [0.4, 0.5) is 11.4 Å². The molecule has 1 aromatic rings. The highest BCUT2D eigenvalue weighted by Crippen LogP contribution is 2.27. The van der Waals surface area contributed by atoms with Gasteiger partial charge in [0.05, 0.1) is 22.9 Å². The van der Waals surface area contributed by atoms with Crippen LogP contribution in [0.1, 0.15) is 12.8 Å². The molecule has 100 valence electrons. The second kappa shape index (κ2) is 5.16. The first-order chi connectivity index (χ1) is 8.48. The fourth-order valence-corrected chi connectivity index (χ4v) is 2.90. The van der Waals surface area contributed by atoms with Gasteiger partial charge in [0, 0.05) is 18.9 Å². The number of rotatable bonds is 3. The van der Waals surface area contributed by atoms with Gasteiger partial charge in [-0.05, 0) is 25.0 Å². The molecule has 1 saturated heterocycles. The smallest absolute Gasteiger partial charge is 0.177 e. The maximum Gasteiger partial charge on any atom is 0.177 e. The Balaban J connectivity index is 2.23. The van der Waals surface area contributed by atoms with Gasteiger partial charge in [-0.25, -0.2) is 8.42 Å². The summed E-state index contributed by atoms with van der Waals surface area (Å²) in [5, 5.41) is 3.25. The predicted molar refractivity (Wildman–Crippen MR) is 71.4 cm³/mol. The Morgan fingerprint density at radius 1 is 1.44 bits per heavy atom. The van der Waals surface area contributed by atoms with E-state index in [2.05, 4.69) is 5.32 Å². The molecular weight excluding hydrogens is 252 g/mol. The van der Waals surface area contributed by atoms with Gasteiger partial charge in [-0.1, -0.05) is 6.07 Å². The highest BCUT2D eigenvalue weighted by atomic mass is 32.2. The Labute approximate surface area is 107 Å². The molecular formula is C12H18N2O3S. The molecule has 2 rings (SSSR count). The van der Waals surface area contributed by atoms with E-state index in [0.29, 0.717) is 12.3 Å². The monoisotopic (exact) mass is 270 g/mol. The first-order valence-electron chi connectivity index (χ1n) is 5.91. The van der Waals surface area contributed by atoms with Crippen molar-refractivity contribution in [3.05, 3.63) is 18.2 Å². The van der Waals surface area contributed by atoms with Crippen LogP contribution < -0.4 is 11.1 Å². The van der Waals surface area contributed by atoms with Crippen LogP contribution in [0, 0.1) is 0 Å². The van der Waals surface area contributed by atoms with E-state index in [1.54, 1.807) is 12.1 Å². The minimum absolute atomic E-state index is 0.171. The Morgan fingerprint density at radius 2 is 2.22 bits per heavy atom. The van der Waals surface area contributed by atoms with E-state index in [0.717, 1.165) is 25.7 Å². The van der Waals surface area contributed by atoms with Crippen LogP contribution in [0.5, 0.6) is 0 Å². The van der Waals surface area contributed by atoms with Crippen LogP contribution in [0.15, 0.2) is 23.1 Å². The predicted octanol–water partition coefficient (Wildman–Crippen LogP) is 1.26. The number of hydrogen-bond acceptors (Lipinski definition) is 5. The van der Waals surface area contributed by atoms with Crippen LogP contribution in [0.2, 0.25) is 0 Å². The molecule has 0 aliphatic carbocycles. The zero-order chi connectivity index (χ0) is 13.2. The van der Waals surface area contributed by atoms with Crippen LogP contribution >= 0.6 is 0 Å². The van der Waals surface area contributed by atoms with Crippen molar-refractivity contribution >= 4 is 21.2 Å². The maximum absolute atomic E-state index is 11.6. The summed E-state index contributed by atoms with van der Waals surface area (Å²) in [6.45, 7) is 1.42. The van der Waals surface area contributed by atoms with E-state index in [1.807, 2.05) is 0 Å². The van der Waals surface area contributed by atoms with Crippen molar-refractivity contribution in [2.24, 2.45) is 0 Å². The lowest BCUT2D eigenvalue weighted by molar-refractivity contribution is 0.0876. The largest absolute Gasteiger partial charge is 0.396 e. The molecule has 1 aliphatic rings. The topological polar surface area (TPSA) is 81.4 Å². The Bertz CT molecular complexity index is 522. The summed E-state index contributed by atoms with van der Waals surface area (Å²) in [4.78, 5) is 0.171. The summed E-state index contributed by atoms with van der Waals surface area (Å²) in [6.07, 6.45) is 3.16. The highest BCUT2D eigenvalue weighted by molar-refractivity contribution is 7.90.